The molecule has 0 unspecified atom stereocenters. The van der Waals surface area contributed by atoms with Gasteiger partial charge in [0, 0.05) is 18.8 Å². The highest BCUT2D eigenvalue weighted by atomic mass is 16.5. The molecule has 1 aromatic heterocycles. The van der Waals surface area contributed by atoms with Gasteiger partial charge in [0.1, 0.15) is 6.54 Å². The second-order valence-electron chi connectivity index (χ2n) is 5.76. The Hall–Kier alpha value is -1.89. The second kappa shape index (κ2) is 7.93. The number of carbonyl (C=O) groups excluding carboxylic acids is 1. The van der Waals surface area contributed by atoms with E-state index in [4.69, 9.17) is 4.74 Å². The maximum absolute atomic E-state index is 11.7. The Kier molecular flexibility index (Phi) is 5.94. The maximum Gasteiger partial charge on any atom is 0.328 e. The number of aromatic nitrogens is 2. The summed E-state index contributed by atoms with van der Waals surface area (Å²) >= 11 is 0. The summed E-state index contributed by atoms with van der Waals surface area (Å²) in [6.07, 6.45) is 6.35. The van der Waals surface area contributed by atoms with Crippen molar-refractivity contribution in [3.05, 3.63) is 33.1 Å². The Bertz CT molecular complexity index is 607. The van der Waals surface area contributed by atoms with Crippen molar-refractivity contribution in [3.63, 3.8) is 0 Å². The van der Waals surface area contributed by atoms with Gasteiger partial charge in [-0.15, -0.1) is 0 Å². The fourth-order valence-electron chi connectivity index (χ4n) is 2.71. The molecule has 1 amide bonds. The summed E-state index contributed by atoms with van der Waals surface area (Å²) in [5.41, 5.74) is -1.06. The average Bonchev–Trinajstić information content (AvgIpc) is 2.48. The minimum Gasteiger partial charge on any atom is -0.376 e. The number of amides is 1. The van der Waals surface area contributed by atoms with E-state index in [9.17, 15) is 14.4 Å². The lowest BCUT2D eigenvalue weighted by atomic mass is 9.88. The van der Waals surface area contributed by atoms with Crippen LogP contribution in [-0.4, -0.2) is 34.7 Å². The number of H-pyrrole nitrogens is 1. The van der Waals surface area contributed by atoms with E-state index < -0.39 is 11.2 Å². The smallest absolute Gasteiger partial charge is 0.328 e. The molecule has 7 heteroatoms. The number of nitrogens with one attached hydrogen (secondary N) is 2. The zero-order valence-electron chi connectivity index (χ0n) is 12.8. The first-order valence-corrected chi connectivity index (χ1v) is 7.74. The molecule has 0 bridgehead atoms. The predicted molar refractivity (Wildman–Crippen MR) is 81.7 cm³/mol. The monoisotopic (exact) mass is 309 g/mol. The summed E-state index contributed by atoms with van der Waals surface area (Å²) < 4.78 is 6.96. The van der Waals surface area contributed by atoms with E-state index in [1.807, 2.05) is 0 Å². The lowest BCUT2D eigenvalue weighted by Gasteiger charge is -2.28. The van der Waals surface area contributed by atoms with E-state index >= 15 is 0 Å². The van der Waals surface area contributed by atoms with Crippen LogP contribution < -0.4 is 16.6 Å². The Morgan fingerprint density at radius 1 is 1.41 bits per heavy atom. The Morgan fingerprint density at radius 3 is 2.91 bits per heavy atom. The lowest BCUT2D eigenvalue weighted by molar-refractivity contribution is -0.122. The van der Waals surface area contributed by atoms with Crippen LogP contribution in [0.5, 0.6) is 0 Å². The number of aromatic amines is 1. The molecular weight excluding hydrogens is 286 g/mol. The van der Waals surface area contributed by atoms with Gasteiger partial charge in [-0.3, -0.25) is 19.1 Å². The number of rotatable bonds is 6. The first-order valence-electron chi connectivity index (χ1n) is 7.74. The van der Waals surface area contributed by atoms with Crippen molar-refractivity contribution < 1.29 is 9.53 Å². The van der Waals surface area contributed by atoms with Crippen molar-refractivity contribution in [2.45, 2.75) is 45.3 Å². The lowest BCUT2D eigenvalue weighted by Crippen LogP contribution is -2.37. The first kappa shape index (κ1) is 16.5. The van der Waals surface area contributed by atoms with Crippen LogP contribution in [0, 0.1) is 5.92 Å². The highest BCUT2D eigenvalue weighted by Gasteiger charge is 2.21. The van der Waals surface area contributed by atoms with E-state index in [-0.39, 0.29) is 18.6 Å². The molecule has 1 heterocycles. The summed E-state index contributed by atoms with van der Waals surface area (Å²) in [6, 6.07) is 1.21. The molecule has 1 aromatic rings. The normalized spacial score (nSPS) is 21.5. The van der Waals surface area contributed by atoms with Crippen LogP contribution in [0.1, 0.15) is 32.6 Å². The van der Waals surface area contributed by atoms with Crippen molar-refractivity contribution in [2.75, 3.05) is 13.2 Å². The van der Waals surface area contributed by atoms with Gasteiger partial charge in [0.15, 0.2) is 0 Å². The van der Waals surface area contributed by atoms with Gasteiger partial charge in [0.2, 0.25) is 5.91 Å². The molecule has 22 heavy (non-hydrogen) atoms. The van der Waals surface area contributed by atoms with Gasteiger partial charge in [-0.1, -0.05) is 19.8 Å². The van der Waals surface area contributed by atoms with Gasteiger partial charge >= 0.3 is 5.69 Å². The van der Waals surface area contributed by atoms with E-state index in [1.165, 1.54) is 31.5 Å². The van der Waals surface area contributed by atoms with Gasteiger partial charge in [-0.05, 0) is 18.8 Å². The third-order valence-corrected chi connectivity index (χ3v) is 4.00. The third-order valence-electron chi connectivity index (χ3n) is 4.00. The third kappa shape index (κ3) is 4.84. The minimum absolute atomic E-state index is 0.116. The SMILES string of the molecule is C[C@H]1CCCC[C@H]1OCCNC(=O)Cn1ccc(=O)[nH]c1=O. The Morgan fingerprint density at radius 2 is 2.18 bits per heavy atom. The zero-order valence-corrected chi connectivity index (χ0v) is 12.8. The van der Waals surface area contributed by atoms with Crippen molar-refractivity contribution in [1.29, 1.82) is 0 Å². The molecule has 1 aliphatic rings. The first-order chi connectivity index (χ1) is 10.6. The average molecular weight is 309 g/mol. The van der Waals surface area contributed by atoms with E-state index in [2.05, 4.69) is 17.2 Å². The van der Waals surface area contributed by atoms with E-state index in [0.717, 1.165) is 11.0 Å². The number of hydrogen-bond donors (Lipinski definition) is 2. The highest BCUT2D eigenvalue weighted by Crippen LogP contribution is 2.25. The molecule has 1 aliphatic carbocycles. The molecule has 0 saturated heterocycles. The van der Waals surface area contributed by atoms with Crippen molar-refractivity contribution in [1.82, 2.24) is 14.9 Å². The van der Waals surface area contributed by atoms with Crippen LogP contribution in [0.4, 0.5) is 0 Å². The molecule has 0 spiro atoms. The zero-order chi connectivity index (χ0) is 15.9. The van der Waals surface area contributed by atoms with Crippen LogP contribution in [0.15, 0.2) is 21.9 Å². The maximum atomic E-state index is 11.7. The fraction of sp³-hybridized carbons (Fsp3) is 0.667. The topological polar surface area (TPSA) is 93.2 Å². The molecule has 0 aromatic carbocycles. The van der Waals surface area contributed by atoms with Crippen molar-refractivity contribution in [2.24, 2.45) is 5.92 Å². The summed E-state index contributed by atoms with van der Waals surface area (Å²) in [5.74, 6) is 0.290. The molecule has 1 fully saturated rings. The molecule has 7 nitrogen and oxygen atoms in total. The number of nitrogens with zero attached hydrogens (tertiary/aromatic N) is 1. The van der Waals surface area contributed by atoms with Crippen LogP contribution in [0.3, 0.4) is 0 Å². The molecule has 2 atom stereocenters. The van der Waals surface area contributed by atoms with E-state index in [0.29, 0.717) is 19.1 Å². The van der Waals surface area contributed by atoms with Crippen LogP contribution >= 0.6 is 0 Å². The summed E-state index contributed by atoms with van der Waals surface area (Å²) in [6.45, 7) is 2.97. The largest absolute Gasteiger partial charge is 0.376 e. The molecule has 0 radical (unpaired) electrons. The summed E-state index contributed by atoms with van der Waals surface area (Å²) in [7, 11) is 0. The number of ether oxygens (including phenoxy) is 1. The van der Waals surface area contributed by atoms with Gasteiger partial charge in [0.05, 0.1) is 12.7 Å². The summed E-state index contributed by atoms with van der Waals surface area (Å²) in [4.78, 5) is 36.2. The Labute approximate surface area is 128 Å². The molecule has 2 N–H and O–H groups in total. The quantitative estimate of drug-likeness (QED) is 0.737. The van der Waals surface area contributed by atoms with Crippen LogP contribution in [-0.2, 0) is 16.1 Å². The van der Waals surface area contributed by atoms with Crippen LogP contribution in [0.25, 0.3) is 0 Å². The van der Waals surface area contributed by atoms with Gasteiger partial charge in [-0.25, -0.2) is 4.79 Å². The standard InChI is InChI=1S/C15H23N3O4/c1-11-4-2-3-5-12(11)22-9-7-16-14(20)10-18-8-6-13(19)17-15(18)21/h6,8,11-12H,2-5,7,9-10H2,1H3,(H,16,20)(H,17,19,21)/t11-,12+/m0/s1. The number of hydrogen-bond acceptors (Lipinski definition) is 4. The van der Waals surface area contributed by atoms with Gasteiger partial charge in [-0.2, -0.15) is 0 Å². The van der Waals surface area contributed by atoms with E-state index in [1.54, 1.807) is 0 Å². The van der Waals surface area contributed by atoms with Gasteiger partial charge in [0.25, 0.3) is 5.56 Å². The molecule has 0 aliphatic heterocycles. The second-order valence-corrected chi connectivity index (χ2v) is 5.76. The van der Waals surface area contributed by atoms with Crippen molar-refractivity contribution >= 4 is 5.91 Å². The number of carbonyl (C=O) groups is 1. The fourth-order valence-corrected chi connectivity index (χ4v) is 2.71. The van der Waals surface area contributed by atoms with Crippen LogP contribution in [0.2, 0.25) is 0 Å². The van der Waals surface area contributed by atoms with Crippen molar-refractivity contribution in [3.8, 4) is 0 Å². The highest BCUT2D eigenvalue weighted by molar-refractivity contribution is 5.75. The van der Waals surface area contributed by atoms with Gasteiger partial charge < -0.3 is 10.1 Å². The molecular formula is C15H23N3O4. The molecule has 122 valence electrons. The minimum atomic E-state index is -0.588. The Balaban J connectivity index is 1.69. The predicted octanol–water partition coefficient (Wildman–Crippen LogP) is 0.248. The molecule has 2 rings (SSSR count). The molecule has 1 saturated carbocycles. The summed E-state index contributed by atoms with van der Waals surface area (Å²) in [5, 5.41) is 2.71.